The maximum atomic E-state index is 12.1. The molecule has 2 aromatic heterocycles. The van der Waals surface area contributed by atoms with Crippen molar-refractivity contribution in [3.8, 4) is 11.1 Å². The Hall–Kier alpha value is -2.69. The smallest absolute Gasteiger partial charge is 0.223 e. The fourth-order valence-corrected chi connectivity index (χ4v) is 3.36. The average Bonchev–Trinajstić information content (AvgIpc) is 3.18. The highest BCUT2D eigenvalue weighted by Gasteiger charge is 2.33. The molecule has 0 bridgehead atoms. The molecule has 5 nitrogen and oxygen atoms in total. The van der Waals surface area contributed by atoms with Crippen molar-refractivity contribution in [2.24, 2.45) is 0 Å². The monoisotopic (exact) mass is 320 g/mol. The van der Waals surface area contributed by atoms with Gasteiger partial charge < -0.3 is 9.88 Å². The van der Waals surface area contributed by atoms with Gasteiger partial charge in [0.05, 0.1) is 11.0 Å². The maximum absolute atomic E-state index is 12.1. The maximum Gasteiger partial charge on any atom is 0.223 e. The predicted molar refractivity (Wildman–Crippen MR) is 93.5 cm³/mol. The number of imidazole rings is 1. The van der Waals surface area contributed by atoms with Crippen LogP contribution in [0.4, 0.5) is 0 Å². The number of amides is 1. The number of fused-ring (bicyclic) bond motifs is 1. The number of pyridine rings is 1. The minimum absolute atomic E-state index is 0.150. The second kappa shape index (κ2) is 5.74. The Bertz CT molecular complexity index is 885. The summed E-state index contributed by atoms with van der Waals surface area (Å²) in [5, 5.41) is 0. The van der Waals surface area contributed by atoms with E-state index in [2.05, 4.69) is 35.9 Å². The van der Waals surface area contributed by atoms with Crippen LogP contribution in [-0.2, 0) is 4.79 Å². The molecule has 4 rings (SSSR count). The topological polar surface area (TPSA) is 61.9 Å². The molecule has 5 heteroatoms. The highest BCUT2D eigenvalue weighted by atomic mass is 16.2. The molecule has 122 valence electrons. The first-order valence-electron chi connectivity index (χ1n) is 8.31. The number of hydrogen-bond donors (Lipinski definition) is 1. The van der Waals surface area contributed by atoms with E-state index in [1.165, 1.54) is 0 Å². The van der Waals surface area contributed by atoms with Crippen LogP contribution in [0.25, 0.3) is 22.2 Å². The summed E-state index contributed by atoms with van der Waals surface area (Å²) < 4.78 is 0. The van der Waals surface area contributed by atoms with Gasteiger partial charge in [0.1, 0.15) is 5.82 Å². The van der Waals surface area contributed by atoms with Gasteiger partial charge in [0.25, 0.3) is 0 Å². The van der Waals surface area contributed by atoms with E-state index in [4.69, 9.17) is 4.98 Å². The first kappa shape index (κ1) is 14.9. The van der Waals surface area contributed by atoms with Crippen LogP contribution in [0.1, 0.15) is 32.0 Å². The first-order valence-corrected chi connectivity index (χ1v) is 8.31. The summed E-state index contributed by atoms with van der Waals surface area (Å²) in [5.74, 6) is 1.28. The lowest BCUT2D eigenvalue weighted by Crippen LogP contribution is -2.31. The SMILES string of the molecule is CC(C)N1CC(c2nc3ccc(-c4ccncc4)cc3[nH]2)CC1=O. The molecule has 1 aliphatic rings. The quantitative estimate of drug-likeness (QED) is 0.805. The molecule has 3 aromatic rings. The summed E-state index contributed by atoms with van der Waals surface area (Å²) in [4.78, 5) is 26.3. The Kier molecular flexibility index (Phi) is 3.56. The van der Waals surface area contributed by atoms with E-state index < -0.39 is 0 Å². The van der Waals surface area contributed by atoms with Crippen LogP contribution in [0.15, 0.2) is 42.7 Å². The van der Waals surface area contributed by atoms with Crippen LogP contribution in [-0.4, -0.2) is 38.3 Å². The van der Waals surface area contributed by atoms with Crippen LogP contribution in [0, 0.1) is 0 Å². The normalized spacial score (nSPS) is 18.0. The number of likely N-dealkylation sites (tertiary alicyclic amines) is 1. The number of aromatic nitrogens is 3. The average molecular weight is 320 g/mol. The third-order valence-corrected chi connectivity index (χ3v) is 4.68. The van der Waals surface area contributed by atoms with E-state index in [1.54, 1.807) is 12.4 Å². The van der Waals surface area contributed by atoms with Crippen molar-refractivity contribution in [1.29, 1.82) is 0 Å². The number of nitrogens with zero attached hydrogens (tertiary/aromatic N) is 3. The van der Waals surface area contributed by atoms with Gasteiger partial charge >= 0.3 is 0 Å². The summed E-state index contributed by atoms with van der Waals surface area (Å²) in [5.41, 5.74) is 4.21. The fourth-order valence-electron chi connectivity index (χ4n) is 3.36. The van der Waals surface area contributed by atoms with E-state index in [-0.39, 0.29) is 17.9 Å². The van der Waals surface area contributed by atoms with Gasteiger partial charge in [0.15, 0.2) is 0 Å². The number of aromatic amines is 1. The summed E-state index contributed by atoms with van der Waals surface area (Å²) >= 11 is 0. The molecule has 24 heavy (non-hydrogen) atoms. The second-order valence-corrected chi connectivity index (χ2v) is 6.63. The van der Waals surface area contributed by atoms with E-state index in [1.807, 2.05) is 23.1 Å². The number of hydrogen-bond acceptors (Lipinski definition) is 3. The predicted octanol–water partition coefficient (Wildman–Crippen LogP) is 3.35. The summed E-state index contributed by atoms with van der Waals surface area (Å²) in [6.07, 6.45) is 4.13. The Morgan fingerprint density at radius 3 is 2.67 bits per heavy atom. The molecule has 1 unspecified atom stereocenters. The summed E-state index contributed by atoms with van der Waals surface area (Å²) in [6.45, 7) is 4.85. The molecule has 1 aromatic carbocycles. The Morgan fingerprint density at radius 1 is 1.17 bits per heavy atom. The zero-order valence-corrected chi connectivity index (χ0v) is 13.9. The van der Waals surface area contributed by atoms with Crippen LogP contribution >= 0.6 is 0 Å². The van der Waals surface area contributed by atoms with Gasteiger partial charge in [-0.3, -0.25) is 9.78 Å². The molecule has 0 spiro atoms. The highest BCUT2D eigenvalue weighted by molar-refractivity contribution is 5.83. The molecule has 1 saturated heterocycles. The number of nitrogens with one attached hydrogen (secondary N) is 1. The fraction of sp³-hybridized carbons (Fsp3) is 0.316. The molecule has 1 fully saturated rings. The van der Waals surface area contributed by atoms with Crippen LogP contribution in [0.3, 0.4) is 0 Å². The number of H-pyrrole nitrogens is 1. The minimum Gasteiger partial charge on any atom is -0.342 e. The van der Waals surface area contributed by atoms with Gasteiger partial charge in [0, 0.05) is 37.3 Å². The standard InChI is InChI=1S/C19H20N4O/c1-12(2)23-11-15(10-18(23)24)19-21-16-4-3-14(9-17(16)22-19)13-5-7-20-8-6-13/h3-9,12,15H,10-11H2,1-2H3,(H,21,22). The van der Waals surface area contributed by atoms with Crippen LogP contribution in [0.5, 0.6) is 0 Å². The largest absolute Gasteiger partial charge is 0.342 e. The molecular weight excluding hydrogens is 300 g/mol. The van der Waals surface area contributed by atoms with Crippen molar-refractivity contribution < 1.29 is 4.79 Å². The lowest BCUT2D eigenvalue weighted by molar-refractivity contribution is -0.129. The Balaban J connectivity index is 1.66. The first-order chi connectivity index (χ1) is 11.6. The Morgan fingerprint density at radius 2 is 1.96 bits per heavy atom. The highest BCUT2D eigenvalue weighted by Crippen LogP contribution is 2.30. The van der Waals surface area contributed by atoms with E-state index in [0.29, 0.717) is 6.42 Å². The minimum atomic E-state index is 0.150. The Labute approximate surface area is 140 Å². The molecule has 1 amide bonds. The third-order valence-electron chi connectivity index (χ3n) is 4.68. The number of carbonyl (C=O) groups excluding carboxylic acids is 1. The van der Waals surface area contributed by atoms with Gasteiger partial charge in [-0.1, -0.05) is 6.07 Å². The number of benzene rings is 1. The van der Waals surface area contributed by atoms with Crippen molar-refractivity contribution >= 4 is 16.9 Å². The summed E-state index contributed by atoms with van der Waals surface area (Å²) in [7, 11) is 0. The van der Waals surface area contributed by atoms with Crippen molar-refractivity contribution in [2.75, 3.05) is 6.54 Å². The summed E-state index contributed by atoms with van der Waals surface area (Å²) in [6, 6.07) is 10.4. The molecule has 1 atom stereocenters. The molecule has 1 N–H and O–H groups in total. The second-order valence-electron chi connectivity index (χ2n) is 6.63. The van der Waals surface area contributed by atoms with Crippen LogP contribution in [0.2, 0.25) is 0 Å². The molecule has 1 aliphatic heterocycles. The molecule has 3 heterocycles. The van der Waals surface area contributed by atoms with Crippen molar-refractivity contribution in [1.82, 2.24) is 19.9 Å². The zero-order valence-electron chi connectivity index (χ0n) is 13.9. The van der Waals surface area contributed by atoms with Gasteiger partial charge in [-0.2, -0.15) is 0 Å². The van der Waals surface area contributed by atoms with Crippen molar-refractivity contribution in [3.63, 3.8) is 0 Å². The van der Waals surface area contributed by atoms with E-state index >= 15 is 0 Å². The number of carbonyl (C=O) groups is 1. The number of rotatable bonds is 3. The van der Waals surface area contributed by atoms with Gasteiger partial charge in [-0.25, -0.2) is 4.98 Å². The molecule has 0 aliphatic carbocycles. The lowest BCUT2D eigenvalue weighted by Gasteiger charge is -2.20. The molecular formula is C19H20N4O. The van der Waals surface area contributed by atoms with Gasteiger partial charge in [-0.05, 0) is 49.2 Å². The van der Waals surface area contributed by atoms with E-state index in [9.17, 15) is 4.79 Å². The van der Waals surface area contributed by atoms with Crippen molar-refractivity contribution in [3.05, 3.63) is 48.5 Å². The van der Waals surface area contributed by atoms with Crippen molar-refractivity contribution in [2.45, 2.75) is 32.2 Å². The third kappa shape index (κ3) is 2.56. The zero-order chi connectivity index (χ0) is 16.7. The van der Waals surface area contributed by atoms with Gasteiger partial charge in [-0.15, -0.1) is 0 Å². The van der Waals surface area contributed by atoms with E-state index in [0.717, 1.165) is 34.5 Å². The van der Waals surface area contributed by atoms with Gasteiger partial charge in [0.2, 0.25) is 5.91 Å². The van der Waals surface area contributed by atoms with Crippen LogP contribution < -0.4 is 0 Å². The molecule has 0 radical (unpaired) electrons. The lowest BCUT2D eigenvalue weighted by atomic mass is 10.1. The molecule has 0 saturated carbocycles.